The van der Waals surface area contributed by atoms with Gasteiger partial charge in [-0.05, 0) is 50.6 Å². The molecule has 0 spiro atoms. The average Bonchev–Trinajstić information content (AvgIpc) is 2.86. The van der Waals surface area contributed by atoms with Crippen LogP contribution in [-0.4, -0.2) is 18.1 Å². The van der Waals surface area contributed by atoms with E-state index >= 15 is 0 Å². The fourth-order valence-electron chi connectivity index (χ4n) is 1.89. The predicted octanol–water partition coefficient (Wildman–Crippen LogP) is 3.93. The number of nitrogens with zero attached hydrogens (tertiary/aromatic N) is 1. The number of methoxy groups -OCH3 is 1. The highest BCUT2D eigenvalue weighted by atomic mass is 32.2. The zero-order valence-corrected chi connectivity index (χ0v) is 12.8. The lowest BCUT2D eigenvalue weighted by molar-refractivity contribution is 0.0563. The van der Waals surface area contributed by atoms with Gasteiger partial charge < -0.3 is 9.15 Å². The maximum atomic E-state index is 11.4. The minimum absolute atomic E-state index is 0.0714. The summed E-state index contributed by atoms with van der Waals surface area (Å²) in [5.74, 6) is 0.498. The third-order valence-electron chi connectivity index (χ3n) is 2.79. The Kier molecular flexibility index (Phi) is 4.49. The summed E-state index contributed by atoms with van der Waals surface area (Å²) in [6.45, 7) is 6.04. The van der Waals surface area contributed by atoms with Crippen LogP contribution in [0.1, 0.15) is 39.7 Å². The summed E-state index contributed by atoms with van der Waals surface area (Å²) >= 11 is 1.60. The Labute approximate surface area is 122 Å². The Hall–Kier alpha value is -1.75. The van der Waals surface area contributed by atoms with Gasteiger partial charge >= 0.3 is 5.97 Å². The highest BCUT2D eigenvalue weighted by Crippen LogP contribution is 2.35. The molecule has 4 nitrogen and oxygen atoms in total. The minimum Gasteiger partial charge on any atom is -0.463 e. The van der Waals surface area contributed by atoms with Crippen molar-refractivity contribution in [2.75, 3.05) is 7.11 Å². The second-order valence-electron chi connectivity index (χ2n) is 4.58. The molecular formula is C15H17NO3S. The molecule has 20 heavy (non-hydrogen) atoms. The molecule has 0 bridgehead atoms. The number of carbonyl (C=O) groups excluding carboxylic acids is 1. The van der Waals surface area contributed by atoms with Crippen LogP contribution in [0.3, 0.4) is 0 Å². The van der Waals surface area contributed by atoms with Gasteiger partial charge in [0.05, 0.1) is 17.4 Å². The van der Waals surface area contributed by atoms with Gasteiger partial charge in [0.15, 0.2) is 0 Å². The van der Waals surface area contributed by atoms with Gasteiger partial charge in [-0.25, -0.2) is 9.78 Å². The van der Waals surface area contributed by atoms with Crippen LogP contribution in [0.4, 0.5) is 0 Å². The van der Waals surface area contributed by atoms with Crippen molar-refractivity contribution in [1.29, 1.82) is 0 Å². The van der Waals surface area contributed by atoms with Crippen molar-refractivity contribution in [1.82, 2.24) is 4.98 Å². The monoisotopic (exact) mass is 291 g/mol. The summed E-state index contributed by atoms with van der Waals surface area (Å²) in [5, 5.41) is 1.02. The molecular weight excluding hydrogens is 274 g/mol. The van der Waals surface area contributed by atoms with E-state index in [9.17, 15) is 4.79 Å². The van der Waals surface area contributed by atoms with Gasteiger partial charge in [0.2, 0.25) is 5.76 Å². The van der Waals surface area contributed by atoms with Crippen molar-refractivity contribution in [3.05, 3.63) is 47.0 Å². The Balaban J connectivity index is 2.13. The van der Waals surface area contributed by atoms with Crippen molar-refractivity contribution >= 4 is 17.7 Å². The smallest absolute Gasteiger partial charge is 0.373 e. The number of pyridine rings is 1. The van der Waals surface area contributed by atoms with E-state index in [1.807, 2.05) is 32.9 Å². The molecule has 0 saturated carbocycles. The number of carbonyl (C=O) groups is 1. The van der Waals surface area contributed by atoms with E-state index in [2.05, 4.69) is 9.72 Å². The van der Waals surface area contributed by atoms with Crippen LogP contribution >= 0.6 is 11.8 Å². The minimum atomic E-state index is -0.460. The summed E-state index contributed by atoms with van der Waals surface area (Å²) in [7, 11) is 1.34. The molecule has 106 valence electrons. The number of hydrogen-bond donors (Lipinski definition) is 0. The molecule has 0 N–H and O–H groups in total. The largest absolute Gasteiger partial charge is 0.463 e. The lowest BCUT2D eigenvalue weighted by atomic mass is 10.3. The van der Waals surface area contributed by atoms with Crippen LogP contribution in [0, 0.1) is 13.8 Å². The first-order valence-electron chi connectivity index (χ1n) is 6.29. The molecule has 0 aliphatic heterocycles. The van der Waals surface area contributed by atoms with Crippen molar-refractivity contribution in [2.45, 2.75) is 31.0 Å². The average molecular weight is 291 g/mol. The van der Waals surface area contributed by atoms with Crippen molar-refractivity contribution in [3.8, 4) is 0 Å². The van der Waals surface area contributed by atoms with Crippen molar-refractivity contribution < 1.29 is 13.9 Å². The van der Waals surface area contributed by atoms with Gasteiger partial charge in [0.25, 0.3) is 0 Å². The highest BCUT2D eigenvalue weighted by molar-refractivity contribution is 7.99. The summed E-state index contributed by atoms with van der Waals surface area (Å²) in [6, 6.07) is 7.51. The highest BCUT2D eigenvalue weighted by Gasteiger charge is 2.16. The number of rotatable bonds is 4. The van der Waals surface area contributed by atoms with E-state index in [0.717, 1.165) is 16.5 Å². The lowest BCUT2D eigenvalue weighted by Crippen LogP contribution is -1.98. The van der Waals surface area contributed by atoms with Gasteiger partial charge in [-0.2, -0.15) is 0 Å². The van der Waals surface area contributed by atoms with Crippen LogP contribution < -0.4 is 0 Å². The van der Waals surface area contributed by atoms with E-state index in [0.29, 0.717) is 0 Å². The molecule has 0 amide bonds. The number of ether oxygens (including phenoxy) is 1. The van der Waals surface area contributed by atoms with Crippen molar-refractivity contribution in [2.24, 2.45) is 0 Å². The van der Waals surface area contributed by atoms with Crippen LogP contribution in [0.5, 0.6) is 0 Å². The summed E-state index contributed by atoms with van der Waals surface area (Å²) in [5.41, 5.74) is 2.18. The zero-order valence-electron chi connectivity index (χ0n) is 12.0. The normalized spacial score (nSPS) is 12.2. The maximum Gasteiger partial charge on any atom is 0.373 e. The Bertz CT molecular complexity index is 601. The van der Waals surface area contributed by atoms with Gasteiger partial charge in [-0.1, -0.05) is 11.8 Å². The molecule has 2 aromatic rings. The van der Waals surface area contributed by atoms with Gasteiger partial charge in [-0.3, -0.25) is 0 Å². The third kappa shape index (κ3) is 3.42. The Morgan fingerprint density at radius 2 is 2.10 bits per heavy atom. The quantitative estimate of drug-likeness (QED) is 0.631. The van der Waals surface area contributed by atoms with E-state index in [-0.39, 0.29) is 11.0 Å². The first-order chi connectivity index (χ1) is 9.49. The van der Waals surface area contributed by atoms with Gasteiger partial charge in [0.1, 0.15) is 5.76 Å². The second-order valence-corrected chi connectivity index (χ2v) is 5.94. The topological polar surface area (TPSA) is 52.3 Å². The summed E-state index contributed by atoms with van der Waals surface area (Å²) in [4.78, 5) is 15.8. The molecule has 2 rings (SSSR count). The zero-order chi connectivity index (χ0) is 14.7. The second kappa shape index (κ2) is 6.13. The van der Waals surface area contributed by atoms with E-state index in [1.54, 1.807) is 23.9 Å². The molecule has 0 radical (unpaired) electrons. The van der Waals surface area contributed by atoms with Crippen molar-refractivity contribution in [3.63, 3.8) is 0 Å². The first-order valence-corrected chi connectivity index (χ1v) is 7.17. The molecule has 0 aliphatic carbocycles. The summed E-state index contributed by atoms with van der Waals surface area (Å²) < 4.78 is 10.1. The molecule has 2 heterocycles. The number of esters is 1. The first kappa shape index (κ1) is 14.7. The van der Waals surface area contributed by atoms with Crippen LogP contribution in [0.25, 0.3) is 0 Å². The van der Waals surface area contributed by atoms with Gasteiger partial charge in [-0.15, -0.1) is 0 Å². The molecule has 5 heteroatoms. The third-order valence-corrected chi connectivity index (χ3v) is 3.82. The molecule has 0 fully saturated rings. The molecule has 1 atom stereocenters. The fraction of sp³-hybridized carbons (Fsp3) is 0.333. The molecule has 0 aliphatic rings. The Morgan fingerprint density at radius 3 is 2.75 bits per heavy atom. The van der Waals surface area contributed by atoms with E-state index < -0.39 is 5.97 Å². The fourth-order valence-corrected chi connectivity index (χ4v) is 2.94. The number of aromatic nitrogens is 1. The van der Waals surface area contributed by atoms with Crippen LogP contribution in [0.2, 0.25) is 0 Å². The predicted molar refractivity (Wildman–Crippen MR) is 78.0 cm³/mol. The number of aryl methyl sites for hydroxylation is 2. The molecule has 0 aromatic carbocycles. The summed E-state index contributed by atoms with van der Waals surface area (Å²) in [6.07, 6.45) is 0. The molecule has 1 unspecified atom stereocenters. The number of thioether (sulfide) groups is 1. The number of furan rings is 1. The number of hydrogen-bond acceptors (Lipinski definition) is 5. The standard InChI is InChI=1S/C15H17NO3S/c1-9-7-10(2)16-14(8-9)20-11(3)12-5-6-13(19-12)15(17)18-4/h5-8,11H,1-4H3. The van der Waals surface area contributed by atoms with Gasteiger partial charge in [0, 0.05) is 5.69 Å². The maximum absolute atomic E-state index is 11.4. The van der Waals surface area contributed by atoms with Crippen LogP contribution in [0.15, 0.2) is 33.7 Å². The van der Waals surface area contributed by atoms with Crippen LogP contribution in [-0.2, 0) is 4.74 Å². The Morgan fingerprint density at radius 1 is 1.35 bits per heavy atom. The molecule has 2 aromatic heterocycles. The van der Waals surface area contributed by atoms with E-state index in [4.69, 9.17) is 4.42 Å². The lowest BCUT2D eigenvalue weighted by Gasteiger charge is -2.09. The van der Waals surface area contributed by atoms with E-state index in [1.165, 1.54) is 12.7 Å². The SMILES string of the molecule is COC(=O)c1ccc(C(C)Sc2cc(C)cc(C)n2)o1. The molecule has 0 saturated heterocycles.